The van der Waals surface area contributed by atoms with E-state index in [2.05, 4.69) is 14.4 Å². The van der Waals surface area contributed by atoms with Crippen molar-refractivity contribution in [3.8, 4) is 0 Å². The largest absolute Gasteiger partial charge is 0.386 e. The Bertz CT molecular complexity index is 1240. The van der Waals surface area contributed by atoms with Crippen LogP contribution in [-0.4, -0.2) is 26.2 Å². The highest BCUT2D eigenvalue weighted by Gasteiger charge is 2.34. The summed E-state index contributed by atoms with van der Waals surface area (Å²) in [4.78, 5) is 30.1. The lowest BCUT2D eigenvalue weighted by molar-refractivity contribution is 0.0782. The van der Waals surface area contributed by atoms with Crippen molar-refractivity contribution in [3.05, 3.63) is 51.8 Å². The predicted molar refractivity (Wildman–Crippen MR) is 115 cm³/mol. The van der Waals surface area contributed by atoms with E-state index in [9.17, 15) is 18.9 Å². The van der Waals surface area contributed by atoms with Gasteiger partial charge in [-0.15, -0.1) is 4.36 Å². The minimum absolute atomic E-state index is 0.123. The Hall–Kier alpha value is -2.78. The number of rotatable bonds is 2. The van der Waals surface area contributed by atoms with Crippen LogP contribution < -0.4 is 10.0 Å². The van der Waals surface area contributed by atoms with Gasteiger partial charge in [-0.1, -0.05) is 6.07 Å². The number of aromatic nitrogens is 1. The molecule has 0 saturated carbocycles. The second kappa shape index (κ2) is 6.86. The van der Waals surface area contributed by atoms with Crippen LogP contribution in [0.4, 0.5) is 10.5 Å². The number of anilines is 1. The van der Waals surface area contributed by atoms with Gasteiger partial charge in [-0.2, -0.15) is 0 Å². The fourth-order valence-corrected chi connectivity index (χ4v) is 6.25. The summed E-state index contributed by atoms with van der Waals surface area (Å²) >= 11 is 0. The van der Waals surface area contributed by atoms with Gasteiger partial charge in [0.2, 0.25) is 0 Å². The quantitative estimate of drug-likeness (QED) is 0.663. The van der Waals surface area contributed by atoms with Crippen molar-refractivity contribution in [3.63, 3.8) is 0 Å². The number of carbonyl (C=O) groups excluding carboxylic acids is 2. The SMILES string of the molecule is CC(C)(O)c1ccc2c(c1)S(=O)(=NC(=O)Nc1c3c(nc4c1CCC4)CCC3)NC2=O. The predicted octanol–water partition coefficient (Wildman–Crippen LogP) is 3.00. The Labute approximate surface area is 180 Å². The molecule has 1 aromatic heterocycles. The molecule has 8 nitrogen and oxygen atoms in total. The number of hydrogen-bond acceptors (Lipinski definition) is 5. The zero-order valence-electron chi connectivity index (χ0n) is 17.4. The highest BCUT2D eigenvalue weighted by Crippen LogP contribution is 2.37. The van der Waals surface area contributed by atoms with Crippen molar-refractivity contribution < 1.29 is 18.9 Å². The number of urea groups is 1. The second-order valence-electron chi connectivity index (χ2n) is 8.79. The van der Waals surface area contributed by atoms with Gasteiger partial charge in [-0.3, -0.25) is 14.5 Å². The minimum atomic E-state index is -3.51. The smallest absolute Gasteiger partial charge is 0.355 e. The first kappa shape index (κ1) is 20.1. The average molecular weight is 441 g/mol. The van der Waals surface area contributed by atoms with Gasteiger partial charge in [0.25, 0.3) is 5.91 Å². The van der Waals surface area contributed by atoms with Crippen LogP contribution in [-0.2, 0) is 41.2 Å². The zero-order valence-corrected chi connectivity index (χ0v) is 18.3. The number of nitrogens with one attached hydrogen (secondary N) is 2. The molecule has 0 bridgehead atoms. The van der Waals surface area contributed by atoms with Crippen molar-refractivity contribution in [2.75, 3.05) is 5.32 Å². The second-order valence-corrected chi connectivity index (χ2v) is 10.7. The third-order valence-corrected chi connectivity index (χ3v) is 7.98. The maximum absolute atomic E-state index is 13.5. The van der Waals surface area contributed by atoms with Gasteiger partial charge in [0, 0.05) is 11.4 Å². The van der Waals surface area contributed by atoms with Crippen molar-refractivity contribution in [2.45, 2.75) is 62.9 Å². The fraction of sp³-hybridized carbons (Fsp3) is 0.409. The molecule has 0 saturated heterocycles. The summed E-state index contributed by atoms with van der Waals surface area (Å²) in [6, 6.07) is 3.82. The molecule has 0 spiro atoms. The topological polar surface area (TPSA) is 121 Å². The maximum atomic E-state index is 13.5. The van der Waals surface area contributed by atoms with E-state index >= 15 is 0 Å². The molecule has 162 valence electrons. The number of fused-ring (bicyclic) bond motifs is 3. The maximum Gasteiger partial charge on any atom is 0.355 e. The number of pyridine rings is 1. The average Bonchev–Trinajstić information content (AvgIpc) is 3.39. The zero-order chi connectivity index (χ0) is 22.0. The number of amides is 3. The van der Waals surface area contributed by atoms with Gasteiger partial charge >= 0.3 is 6.03 Å². The first-order chi connectivity index (χ1) is 14.7. The summed E-state index contributed by atoms with van der Waals surface area (Å²) in [6.45, 7) is 3.18. The molecular weight excluding hydrogens is 416 g/mol. The third kappa shape index (κ3) is 3.32. The summed E-state index contributed by atoms with van der Waals surface area (Å²) in [5.41, 5.74) is 4.36. The number of hydrogen-bond donors (Lipinski definition) is 3. The molecule has 2 aliphatic carbocycles. The minimum Gasteiger partial charge on any atom is -0.386 e. The summed E-state index contributed by atoms with van der Waals surface area (Å²) in [6.07, 6.45) is 5.45. The molecule has 2 heterocycles. The van der Waals surface area contributed by atoms with Crippen molar-refractivity contribution >= 4 is 27.5 Å². The molecule has 31 heavy (non-hydrogen) atoms. The Kier molecular flexibility index (Phi) is 4.46. The normalized spacial score (nSPS) is 21.3. The van der Waals surface area contributed by atoms with Gasteiger partial charge in [0.1, 0.15) is 0 Å². The lowest BCUT2D eigenvalue weighted by Gasteiger charge is -2.18. The highest BCUT2D eigenvalue weighted by atomic mass is 32.2. The Morgan fingerprint density at radius 2 is 1.81 bits per heavy atom. The van der Waals surface area contributed by atoms with E-state index in [0.29, 0.717) is 5.56 Å². The lowest BCUT2D eigenvalue weighted by Crippen LogP contribution is -2.23. The highest BCUT2D eigenvalue weighted by molar-refractivity contribution is 7.93. The van der Waals surface area contributed by atoms with Crippen molar-refractivity contribution in [2.24, 2.45) is 4.36 Å². The van der Waals surface area contributed by atoms with Gasteiger partial charge in [-0.25, -0.2) is 9.00 Å². The molecule has 1 aliphatic heterocycles. The van der Waals surface area contributed by atoms with E-state index in [0.717, 1.165) is 66.7 Å². The molecule has 3 aliphatic rings. The molecular formula is C22H24N4O4S. The number of benzene rings is 1. The van der Waals surface area contributed by atoms with Gasteiger partial charge in [-0.05, 0) is 81.2 Å². The van der Waals surface area contributed by atoms with Crippen LogP contribution in [0.1, 0.15) is 65.1 Å². The van der Waals surface area contributed by atoms with E-state index in [1.807, 2.05) is 0 Å². The molecule has 2 aromatic rings. The molecule has 1 unspecified atom stereocenters. The third-order valence-electron chi connectivity index (χ3n) is 6.16. The standard InChI is InChI=1S/C22H24N4O4S/c1-22(2,29)12-9-10-15-18(11-12)31(30,25-20(15)27)26-21(28)24-19-13-5-3-7-16(13)23-17-8-4-6-14(17)19/h9-11,29H,3-8H2,1-2H3,(H2,23,24,25,26,27,28,30). The van der Waals surface area contributed by atoms with Crippen LogP contribution >= 0.6 is 0 Å². The monoisotopic (exact) mass is 440 g/mol. The van der Waals surface area contributed by atoms with Crippen LogP contribution in [0.2, 0.25) is 0 Å². The number of nitrogens with zero attached hydrogens (tertiary/aromatic N) is 2. The molecule has 3 N–H and O–H groups in total. The Morgan fingerprint density at radius 1 is 1.16 bits per heavy atom. The van der Waals surface area contributed by atoms with Gasteiger partial charge in [0.05, 0.1) is 21.7 Å². The van der Waals surface area contributed by atoms with E-state index in [-0.39, 0.29) is 10.5 Å². The number of aryl methyl sites for hydroxylation is 2. The molecule has 1 aromatic carbocycles. The Morgan fingerprint density at radius 3 is 2.42 bits per heavy atom. The summed E-state index contributed by atoms with van der Waals surface area (Å²) < 4.78 is 19.8. The van der Waals surface area contributed by atoms with Crippen LogP contribution in [0.15, 0.2) is 27.5 Å². The van der Waals surface area contributed by atoms with Crippen LogP contribution in [0.3, 0.4) is 0 Å². The summed E-state index contributed by atoms with van der Waals surface area (Å²) in [7, 11) is -3.51. The molecule has 3 amide bonds. The fourth-order valence-electron chi connectivity index (χ4n) is 4.61. The van der Waals surface area contributed by atoms with E-state index < -0.39 is 27.5 Å². The molecule has 1 atom stereocenters. The molecule has 0 fully saturated rings. The van der Waals surface area contributed by atoms with Gasteiger partial charge < -0.3 is 10.4 Å². The molecule has 9 heteroatoms. The van der Waals surface area contributed by atoms with Crippen LogP contribution in [0, 0.1) is 0 Å². The number of carbonyl (C=O) groups is 2. The van der Waals surface area contributed by atoms with Gasteiger partial charge in [0.15, 0.2) is 9.92 Å². The van der Waals surface area contributed by atoms with E-state index in [1.165, 1.54) is 12.1 Å². The molecule has 0 radical (unpaired) electrons. The first-order valence-electron chi connectivity index (χ1n) is 10.5. The van der Waals surface area contributed by atoms with E-state index in [1.54, 1.807) is 19.9 Å². The first-order valence-corrected chi connectivity index (χ1v) is 12.0. The van der Waals surface area contributed by atoms with E-state index in [4.69, 9.17) is 4.98 Å². The Balaban J connectivity index is 1.54. The summed E-state index contributed by atoms with van der Waals surface area (Å²) in [5, 5.41) is 13.2. The number of aliphatic hydroxyl groups is 1. The molecule has 5 rings (SSSR count). The summed E-state index contributed by atoms with van der Waals surface area (Å²) in [5.74, 6) is -0.551. The van der Waals surface area contributed by atoms with Crippen LogP contribution in [0.5, 0.6) is 0 Å². The lowest BCUT2D eigenvalue weighted by atomic mass is 9.97. The van der Waals surface area contributed by atoms with Crippen molar-refractivity contribution in [1.82, 2.24) is 9.71 Å². The van der Waals surface area contributed by atoms with Crippen molar-refractivity contribution in [1.29, 1.82) is 0 Å². The van der Waals surface area contributed by atoms with Crippen LogP contribution in [0.25, 0.3) is 0 Å².